The molecule has 104 valence electrons. The Labute approximate surface area is 119 Å². The molecular formula is C15H21NO2S. The van der Waals surface area contributed by atoms with Gasteiger partial charge in [-0.15, -0.1) is 11.8 Å². The van der Waals surface area contributed by atoms with Crippen molar-refractivity contribution in [2.24, 2.45) is 0 Å². The van der Waals surface area contributed by atoms with Crippen molar-refractivity contribution in [2.45, 2.75) is 31.6 Å². The zero-order chi connectivity index (χ0) is 13.7. The Bertz CT molecular complexity index is 436. The molecule has 1 amide bonds. The number of nitrogens with zero attached hydrogens (tertiary/aromatic N) is 1. The number of methoxy groups -OCH3 is 1. The maximum Gasteiger partial charge on any atom is 0.224 e. The summed E-state index contributed by atoms with van der Waals surface area (Å²) >= 11 is 1.83. The van der Waals surface area contributed by atoms with E-state index in [2.05, 4.69) is 13.0 Å². The van der Waals surface area contributed by atoms with Crippen LogP contribution in [-0.4, -0.2) is 30.2 Å². The number of thioether (sulfide) groups is 1. The normalized spacial score (nSPS) is 19.6. The Kier molecular flexibility index (Phi) is 5.14. The van der Waals surface area contributed by atoms with Gasteiger partial charge in [0.25, 0.3) is 0 Å². The summed E-state index contributed by atoms with van der Waals surface area (Å²) in [6.45, 7) is 2.99. The lowest BCUT2D eigenvalue weighted by Gasteiger charge is -2.36. The van der Waals surface area contributed by atoms with Crippen molar-refractivity contribution in [3.63, 3.8) is 0 Å². The summed E-state index contributed by atoms with van der Waals surface area (Å²) in [5, 5.41) is 0.101. The predicted octanol–water partition coefficient (Wildman–Crippen LogP) is 3.46. The molecule has 19 heavy (non-hydrogen) atoms. The molecule has 0 aliphatic carbocycles. The van der Waals surface area contributed by atoms with Crippen molar-refractivity contribution < 1.29 is 9.53 Å². The molecule has 1 fully saturated rings. The molecule has 1 saturated heterocycles. The van der Waals surface area contributed by atoms with Crippen LogP contribution in [0.25, 0.3) is 0 Å². The van der Waals surface area contributed by atoms with Gasteiger partial charge in [-0.1, -0.05) is 31.5 Å². The summed E-state index contributed by atoms with van der Waals surface area (Å²) in [6, 6.07) is 8.00. The second-order valence-electron chi connectivity index (χ2n) is 4.66. The maximum absolute atomic E-state index is 12.2. The number of para-hydroxylation sites is 1. The van der Waals surface area contributed by atoms with E-state index in [9.17, 15) is 4.79 Å². The highest BCUT2D eigenvalue weighted by Gasteiger charge is 2.30. The Morgan fingerprint density at radius 1 is 1.42 bits per heavy atom. The fourth-order valence-electron chi connectivity index (χ4n) is 2.32. The third kappa shape index (κ3) is 3.24. The lowest BCUT2D eigenvalue weighted by Crippen LogP contribution is -2.38. The van der Waals surface area contributed by atoms with Crippen LogP contribution in [0.1, 0.15) is 37.1 Å². The lowest BCUT2D eigenvalue weighted by atomic mass is 10.1. The van der Waals surface area contributed by atoms with Crippen LogP contribution >= 0.6 is 11.8 Å². The van der Waals surface area contributed by atoms with E-state index in [1.54, 1.807) is 7.11 Å². The molecule has 0 aromatic heterocycles. The highest BCUT2D eigenvalue weighted by molar-refractivity contribution is 7.99. The number of benzene rings is 1. The third-order valence-corrected chi connectivity index (χ3v) is 4.62. The molecule has 1 heterocycles. The van der Waals surface area contributed by atoms with Crippen molar-refractivity contribution in [1.82, 2.24) is 4.90 Å². The number of carbonyl (C=O) groups excluding carboxylic acids is 1. The fraction of sp³-hybridized carbons (Fsp3) is 0.533. The zero-order valence-corrected chi connectivity index (χ0v) is 12.4. The number of carbonyl (C=O) groups is 1. The zero-order valence-electron chi connectivity index (χ0n) is 11.6. The van der Waals surface area contributed by atoms with Crippen molar-refractivity contribution >= 4 is 17.7 Å². The van der Waals surface area contributed by atoms with E-state index in [0.29, 0.717) is 6.42 Å². The highest BCUT2D eigenvalue weighted by atomic mass is 32.2. The van der Waals surface area contributed by atoms with E-state index >= 15 is 0 Å². The minimum absolute atomic E-state index is 0.101. The second kappa shape index (κ2) is 6.85. The molecular weight excluding hydrogens is 258 g/mol. The molecule has 1 aromatic carbocycles. The average Bonchev–Trinajstić information content (AvgIpc) is 2.46. The number of hydrogen-bond acceptors (Lipinski definition) is 3. The first-order valence-corrected chi connectivity index (χ1v) is 7.86. The molecule has 2 rings (SSSR count). The summed E-state index contributed by atoms with van der Waals surface area (Å²) in [7, 11) is 1.69. The van der Waals surface area contributed by atoms with Crippen LogP contribution in [0.4, 0.5) is 0 Å². The molecule has 0 radical (unpaired) electrons. The van der Waals surface area contributed by atoms with Crippen molar-refractivity contribution in [3.05, 3.63) is 29.8 Å². The van der Waals surface area contributed by atoms with E-state index in [0.717, 1.165) is 36.5 Å². The first-order chi connectivity index (χ1) is 9.27. The van der Waals surface area contributed by atoms with Gasteiger partial charge in [0.1, 0.15) is 11.1 Å². The quantitative estimate of drug-likeness (QED) is 0.826. The molecule has 0 N–H and O–H groups in total. The van der Waals surface area contributed by atoms with Gasteiger partial charge in [-0.2, -0.15) is 0 Å². The van der Waals surface area contributed by atoms with E-state index in [-0.39, 0.29) is 11.3 Å². The Balaban J connectivity index is 2.25. The molecule has 1 aromatic rings. The minimum Gasteiger partial charge on any atom is -0.496 e. The van der Waals surface area contributed by atoms with E-state index < -0.39 is 0 Å². The topological polar surface area (TPSA) is 29.5 Å². The van der Waals surface area contributed by atoms with Crippen LogP contribution in [-0.2, 0) is 4.79 Å². The van der Waals surface area contributed by atoms with Crippen molar-refractivity contribution in [3.8, 4) is 5.75 Å². The number of amides is 1. The first kappa shape index (κ1) is 14.3. The lowest BCUT2D eigenvalue weighted by molar-refractivity contribution is -0.132. The van der Waals surface area contributed by atoms with Gasteiger partial charge in [-0.25, -0.2) is 0 Å². The molecule has 0 spiro atoms. The van der Waals surface area contributed by atoms with Crippen LogP contribution < -0.4 is 4.74 Å². The summed E-state index contributed by atoms with van der Waals surface area (Å²) in [5.41, 5.74) is 1.11. The Hall–Kier alpha value is -1.16. The fourth-order valence-corrected chi connectivity index (χ4v) is 3.61. The summed E-state index contributed by atoms with van der Waals surface area (Å²) in [4.78, 5) is 14.2. The van der Waals surface area contributed by atoms with Crippen LogP contribution in [0.2, 0.25) is 0 Å². The standard InChI is InChI=1S/C15H21NO2S/c1-3-4-10-16-14(17)9-11-19-15(16)12-7-5-6-8-13(12)18-2/h5-8,15H,3-4,9-11H2,1-2H3. The average molecular weight is 279 g/mol. The largest absolute Gasteiger partial charge is 0.496 e. The predicted molar refractivity (Wildman–Crippen MR) is 79.4 cm³/mol. The summed E-state index contributed by atoms with van der Waals surface area (Å²) in [5.74, 6) is 2.03. The van der Waals surface area contributed by atoms with Crippen LogP contribution in [0.3, 0.4) is 0 Å². The number of unbranched alkanes of at least 4 members (excludes halogenated alkanes) is 1. The van der Waals surface area contributed by atoms with Crippen LogP contribution in [0.5, 0.6) is 5.75 Å². The van der Waals surface area contributed by atoms with Crippen LogP contribution in [0.15, 0.2) is 24.3 Å². The summed E-state index contributed by atoms with van der Waals surface area (Å²) in [6.07, 6.45) is 2.81. The Morgan fingerprint density at radius 2 is 2.21 bits per heavy atom. The van der Waals surface area contributed by atoms with Gasteiger partial charge < -0.3 is 9.64 Å². The van der Waals surface area contributed by atoms with Gasteiger partial charge in [-0.05, 0) is 12.5 Å². The third-order valence-electron chi connectivity index (χ3n) is 3.35. The maximum atomic E-state index is 12.2. The molecule has 4 heteroatoms. The van der Waals surface area contributed by atoms with Crippen molar-refractivity contribution in [1.29, 1.82) is 0 Å². The highest BCUT2D eigenvalue weighted by Crippen LogP contribution is 2.41. The SMILES string of the molecule is CCCCN1C(=O)CCSC1c1ccccc1OC. The van der Waals surface area contributed by atoms with E-state index in [1.807, 2.05) is 34.9 Å². The number of hydrogen-bond donors (Lipinski definition) is 0. The van der Waals surface area contributed by atoms with Crippen LogP contribution in [0, 0.1) is 0 Å². The van der Waals surface area contributed by atoms with Gasteiger partial charge in [0.15, 0.2) is 0 Å². The molecule has 1 atom stereocenters. The molecule has 1 aliphatic heterocycles. The van der Waals surface area contributed by atoms with E-state index in [4.69, 9.17) is 4.74 Å². The summed E-state index contributed by atoms with van der Waals surface area (Å²) < 4.78 is 5.44. The molecule has 1 unspecified atom stereocenters. The minimum atomic E-state index is 0.101. The van der Waals surface area contributed by atoms with Gasteiger partial charge in [-0.3, -0.25) is 4.79 Å². The number of rotatable bonds is 5. The second-order valence-corrected chi connectivity index (χ2v) is 5.84. The van der Waals surface area contributed by atoms with Gasteiger partial charge in [0.05, 0.1) is 7.11 Å². The molecule has 1 aliphatic rings. The van der Waals surface area contributed by atoms with Gasteiger partial charge >= 0.3 is 0 Å². The molecule has 0 saturated carbocycles. The van der Waals surface area contributed by atoms with E-state index in [1.165, 1.54) is 0 Å². The Morgan fingerprint density at radius 3 is 2.95 bits per heavy atom. The smallest absolute Gasteiger partial charge is 0.224 e. The van der Waals surface area contributed by atoms with Crippen molar-refractivity contribution in [2.75, 3.05) is 19.4 Å². The molecule has 3 nitrogen and oxygen atoms in total. The van der Waals surface area contributed by atoms with Gasteiger partial charge in [0, 0.05) is 24.3 Å². The molecule has 0 bridgehead atoms. The number of ether oxygens (including phenoxy) is 1. The first-order valence-electron chi connectivity index (χ1n) is 6.82. The van der Waals surface area contributed by atoms with Gasteiger partial charge in [0.2, 0.25) is 5.91 Å². The monoisotopic (exact) mass is 279 g/mol.